The number of rotatable bonds is 4. The van der Waals surface area contributed by atoms with Gasteiger partial charge in [0, 0.05) is 20.9 Å². The van der Waals surface area contributed by atoms with E-state index in [0.29, 0.717) is 10.6 Å². The minimum atomic E-state index is -0.0368. The average molecular weight is 419 g/mol. The van der Waals surface area contributed by atoms with E-state index in [1.54, 1.807) is 25.3 Å². The van der Waals surface area contributed by atoms with Gasteiger partial charge in [-0.05, 0) is 51.8 Å². The number of carbonyl (C=O) groups is 1. The van der Waals surface area contributed by atoms with Gasteiger partial charge in [0.25, 0.3) is 0 Å². The molecule has 0 bridgehead atoms. The first kappa shape index (κ1) is 15.5. The molecule has 0 aliphatic rings. The van der Waals surface area contributed by atoms with Crippen LogP contribution in [-0.2, 0) is 6.42 Å². The zero-order chi connectivity index (χ0) is 14.7. The Bertz CT molecular complexity index is 656. The normalized spacial score (nSPS) is 10.4. The number of ketones is 1. The maximum Gasteiger partial charge on any atom is 0.168 e. The highest BCUT2D eigenvalue weighted by Gasteiger charge is 2.14. The predicted octanol–water partition coefficient (Wildman–Crippen LogP) is 5.30. The van der Waals surface area contributed by atoms with E-state index in [2.05, 4.69) is 31.9 Å². The summed E-state index contributed by atoms with van der Waals surface area (Å²) in [4.78, 5) is 12.4. The Morgan fingerprint density at radius 2 is 1.95 bits per heavy atom. The number of ether oxygens (including phenoxy) is 1. The van der Waals surface area contributed by atoms with Gasteiger partial charge in [-0.25, -0.2) is 0 Å². The molecule has 0 N–H and O–H groups in total. The molecule has 0 radical (unpaired) electrons. The Morgan fingerprint density at radius 1 is 1.20 bits per heavy atom. The van der Waals surface area contributed by atoms with Gasteiger partial charge in [-0.1, -0.05) is 33.6 Å². The van der Waals surface area contributed by atoms with Gasteiger partial charge in [-0.3, -0.25) is 4.79 Å². The molecule has 0 aromatic heterocycles. The van der Waals surface area contributed by atoms with Crippen LogP contribution < -0.4 is 4.74 Å². The quantitative estimate of drug-likeness (QED) is 0.630. The summed E-state index contributed by atoms with van der Waals surface area (Å²) in [6.45, 7) is 0. The lowest BCUT2D eigenvalue weighted by atomic mass is 10.0. The molecule has 0 unspecified atom stereocenters. The van der Waals surface area contributed by atoms with Crippen molar-refractivity contribution in [1.82, 2.24) is 0 Å². The van der Waals surface area contributed by atoms with Crippen molar-refractivity contribution in [1.29, 1.82) is 0 Å². The molecule has 0 atom stereocenters. The molecule has 0 aliphatic heterocycles. The maximum atomic E-state index is 12.4. The summed E-state index contributed by atoms with van der Waals surface area (Å²) in [6.07, 6.45) is 0.258. The minimum Gasteiger partial charge on any atom is -0.497 e. The summed E-state index contributed by atoms with van der Waals surface area (Å²) < 4.78 is 6.76. The van der Waals surface area contributed by atoms with E-state index in [9.17, 15) is 4.79 Å². The molecular weight excluding hydrogens is 407 g/mol. The summed E-state index contributed by atoms with van der Waals surface area (Å²) in [5.74, 6) is 0.682. The molecule has 0 heterocycles. The molecule has 0 saturated heterocycles. The number of Topliss-reactive ketones (excluding diaryl/α,β-unsaturated/α-hetero) is 1. The van der Waals surface area contributed by atoms with Crippen LogP contribution in [0, 0.1) is 0 Å². The van der Waals surface area contributed by atoms with E-state index in [1.165, 1.54) is 0 Å². The number of hydrogen-bond acceptors (Lipinski definition) is 2. The van der Waals surface area contributed by atoms with Crippen molar-refractivity contribution >= 4 is 49.2 Å². The minimum absolute atomic E-state index is 0.0368. The van der Waals surface area contributed by atoms with Crippen molar-refractivity contribution < 1.29 is 9.53 Å². The molecule has 5 heteroatoms. The summed E-state index contributed by atoms with van der Waals surface area (Å²) in [6, 6.07) is 10.9. The Labute approximate surface area is 139 Å². The Hall–Kier alpha value is -0.840. The van der Waals surface area contributed by atoms with Crippen molar-refractivity contribution in [3.63, 3.8) is 0 Å². The highest BCUT2D eigenvalue weighted by Crippen LogP contribution is 2.29. The fourth-order valence-electron chi connectivity index (χ4n) is 1.80. The van der Waals surface area contributed by atoms with Crippen LogP contribution in [0.2, 0.25) is 5.02 Å². The first-order valence-electron chi connectivity index (χ1n) is 5.82. The topological polar surface area (TPSA) is 26.3 Å². The third kappa shape index (κ3) is 3.43. The third-order valence-corrected chi connectivity index (χ3v) is 4.93. The van der Waals surface area contributed by atoms with E-state index in [0.717, 1.165) is 20.3 Å². The molecular formula is C15H11Br2ClO2. The predicted molar refractivity (Wildman–Crippen MR) is 87.9 cm³/mol. The van der Waals surface area contributed by atoms with Crippen LogP contribution in [-0.4, -0.2) is 12.9 Å². The first-order chi connectivity index (χ1) is 9.52. The largest absolute Gasteiger partial charge is 0.497 e. The van der Waals surface area contributed by atoms with E-state index in [-0.39, 0.29) is 12.2 Å². The van der Waals surface area contributed by atoms with Crippen LogP contribution >= 0.6 is 43.5 Å². The molecule has 0 aliphatic carbocycles. The zero-order valence-electron chi connectivity index (χ0n) is 10.6. The molecule has 2 nitrogen and oxygen atoms in total. The Morgan fingerprint density at radius 3 is 2.65 bits per heavy atom. The van der Waals surface area contributed by atoms with Crippen LogP contribution in [0.1, 0.15) is 15.9 Å². The summed E-state index contributed by atoms with van der Waals surface area (Å²) >= 11 is 12.9. The molecule has 0 spiro atoms. The molecule has 0 amide bonds. The van der Waals surface area contributed by atoms with Gasteiger partial charge >= 0.3 is 0 Å². The lowest BCUT2D eigenvalue weighted by molar-refractivity contribution is 0.0993. The fourth-order valence-corrected chi connectivity index (χ4v) is 2.79. The molecule has 2 aromatic carbocycles. The van der Waals surface area contributed by atoms with Crippen LogP contribution in [0.5, 0.6) is 5.75 Å². The number of hydrogen-bond donors (Lipinski definition) is 0. The number of carbonyl (C=O) groups excluding carboxylic acids is 1. The fraction of sp³-hybridized carbons (Fsp3) is 0.133. The monoisotopic (exact) mass is 416 g/mol. The number of benzene rings is 2. The van der Waals surface area contributed by atoms with Crippen molar-refractivity contribution in [2.45, 2.75) is 6.42 Å². The maximum absolute atomic E-state index is 12.4. The second-order valence-electron chi connectivity index (χ2n) is 4.16. The van der Waals surface area contributed by atoms with E-state index in [1.807, 2.05) is 18.2 Å². The van der Waals surface area contributed by atoms with Gasteiger partial charge in [0.1, 0.15) is 5.75 Å². The smallest absolute Gasteiger partial charge is 0.168 e. The Kier molecular flexibility index (Phi) is 5.24. The van der Waals surface area contributed by atoms with E-state index >= 15 is 0 Å². The highest BCUT2D eigenvalue weighted by molar-refractivity contribution is 9.10. The van der Waals surface area contributed by atoms with Crippen LogP contribution in [0.4, 0.5) is 0 Å². The molecule has 2 rings (SSSR count). The lowest BCUT2D eigenvalue weighted by Gasteiger charge is -2.08. The SMILES string of the molecule is COc1ccc(Br)c(CC(=O)c2cccc(Br)c2Cl)c1. The van der Waals surface area contributed by atoms with Gasteiger partial charge in [-0.2, -0.15) is 0 Å². The van der Waals surface area contributed by atoms with E-state index < -0.39 is 0 Å². The molecule has 0 fully saturated rings. The third-order valence-electron chi connectivity index (χ3n) is 2.86. The second kappa shape index (κ2) is 6.74. The van der Waals surface area contributed by atoms with Crippen molar-refractivity contribution in [2.75, 3.05) is 7.11 Å². The van der Waals surface area contributed by atoms with Crippen molar-refractivity contribution in [3.05, 3.63) is 61.5 Å². The van der Waals surface area contributed by atoms with Crippen LogP contribution in [0.15, 0.2) is 45.3 Å². The summed E-state index contributed by atoms with van der Waals surface area (Å²) in [7, 11) is 1.60. The zero-order valence-corrected chi connectivity index (χ0v) is 14.5. The van der Waals surface area contributed by atoms with Gasteiger partial charge < -0.3 is 4.74 Å². The molecule has 0 saturated carbocycles. The molecule has 2 aromatic rings. The second-order valence-corrected chi connectivity index (χ2v) is 6.25. The van der Waals surface area contributed by atoms with Crippen molar-refractivity contribution in [2.24, 2.45) is 0 Å². The van der Waals surface area contributed by atoms with Crippen LogP contribution in [0.25, 0.3) is 0 Å². The highest BCUT2D eigenvalue weighted by atomic mass is 79.9. The summed E-state index contributed by atoms with van der Waals surface area (Å²) in [5.41, 5.74) is 1.38. The number of halogens is 3. The van der Waals surface area contributed by atoms with Gasteiger partial charge in [0.15, 0.2) is 5.78 Å². The van der Waals surface area contributed by atoms with Gasteiger partial charge in [-0.15, -0.1) is 0 Å². The van der Waals surface area contributed by atoms with Gasteiger partial charge in [0.05, 0.1) is 12.1 Å². The standard InChI is InChI=1S/C15H11Br2ClO2/c1-20-10-5-6-12(16)9(7-10)8-14(19)11-3-2-4-13(17)15(11)18/h2-7H,8H2,1H3. The lowest BCUT2D eigenvalue weighted by Crippen LogP contribution is -2.05. The number of methoxy groups -OCH3 is 1. The Balaban J connectivity index is 2.30. The van der Waals surface area contributed by atoms with E-state index in [4.69, 9.17) is 16.3 Å². The van der Waals surface area contributed by atoms with Crippen molar-refractivity contribution in [3.8, 4) is 5.75 Å². The first-order valence-corrected chi connectivity index (χ1v) is 7.79. The molecule has 20 heavy (non-hydrogen) atoms. The summed E-state index contributed by atoms with van der Waals surface area (Å²) in [5, 5.41) is 0.441. The van der Waals surface area contributed by atoms with Crippen LogP contribution in [0.3, 0.4) is 0 Å². The molecule has 104 valence electrons. The average Bonchev–Trinajstić information content (AvgIpc) is 2.44. The van der Waals surface area contributed by atoms with Gasteiger partial charge in [0.2, 0.25) is 0 Å².